The Morgan fingerprint density at radius 1 is 1.35 bits per heavy atom. The number of hydrogen-bond donors (Lipinski definition) is 1. The second kappa shape index (κ2) is 5.57. The Hall–Kier alpha value is -2.57. The lowest BCUT2D eigenvalue weighted by Gasteiger charge is -2.26. The maximum atomic E-state index is 12.8. The van der Waals surface area contributed by atoms with Gasteiger partial charge in [-0.1, -0.05) is 24.3 Å². The van der Waals surface area contributed by atoms with Gasteiger partial charge in [0.15, 0.2) is 0 Å². The van der Waals surface area contributed by atoms with Gasteiger partial charge in [-0.25, -0.2) is 4.79 Å². The van der Waals surface area contributed by atoms with Gasteiger partial charge in [0.1, 0.15) is 0 Å². The van der Waals surface area contributed by atoms with E-state index in [-0.39, 0.29) is 24.1 Å². The number of carboxylic acids is 1. The van der Waals surface area contributed by atoms with Crippen LogP contribution in [-0.2, 0) is 17.5 Å². The zero-order valence-corrected chi connectivity index (χ0v) is 11.9. The summed E-state index contributed by atoms with van der Waals surface area (Å²) in [7, 11) is 0. The molecule has 0 saturated heterocycles. The summed E-state index contributed by atoms with van der Waals surface area (Å²) >= 11 is 0. The predicted octanol–water partition coefficient (Wildman–Crippen LogP) is 3.07. The number of aliphatic carboxylic acids is 1. The predicted molar refractivity (Wildman–Crippen MR) is 77.6 cm³/mol. The van der Waals surface area contributed by atoms with E-state index in [2.05, 4.69) is 5.10 Å². The summed E-state index contributed by atoms with van der Waals surface area (Å²) in [6, 6.07) is 4.95. The van der Waals surface area contributed by atoms with Crippen LogP contribution in [-0.4, -0.2) is 28.3 Å². The van der Waals surface area contributed by atoms with E-state index in [9.17, 15) is 18.0 Å². The van der Waals surface area contributed by atoms with Crippen molar-refractivity contribution in [3.63, 3.8) is 0 Å². The average Bonchev–Trinajstić information content (AvgIpc) is 2.89. The molecule has 2 atom stereocenters. The summed E-state index contributed by atoms with van der Waals surface area (Å²) in [6.07, 6.45) is 2.05. The summed E-state index contributed by atoms with van der Waals surface area (Å²) < 4.78 is 38.3. The number of halogens is 3. The highest BCUT2D eigenvalue weighted by molar-refractivity contribution is 5.91. The first-order valence-electron chi connectivity index (χ1n) is 6.95. The van der Waals surface area contributed by atoms with Gasteiger partial charge in [-0.05, 0) is 23.8 Å². The van der Waals surface area contributed by atoms with Crippen LogP contribution in [0.2, 0.25) is 0 Å². The summed E-state index contributed by atoms with van der Waals surface area (Å²) in [5.74, 6) is -1.19. The van der Waals surface area contributed by atoms with E-state index in [1.807, 2.05) is 0 Å². The number of nitrogens with zero attached hydrogens (tertiary/aromatic N) is 2. The van der Waals surface area contributed by atoms with Crippen molar-refractivity contribution < 1.29 is 23.1 Å². The number of alkyl halides is 3. The van der Waals surface area contributed by atoms with Crippen molar-refractivity contribution in [1.82, 2.24) is 5.01 Å². The fourth-order valence-corrected chi connectivity index (χ4v) is 2.68. The van der Waals surface area contributed by atoms with Crippen LogP contribution < -0.4 is 0 Å². The highest BCUT2D eigenvalue weighted by atomic mass is 19.4. The van der Waals surface area contributed by atoms with Crippen molar-refractivity contribution in [2.24, 2.45) is 11.0 Å². The molecule has 120 valence electrons. The topological polar surface area (TPSA) is 52.9 Å². The van der Waals surface area contributed by atoms with Gasteiger partial charge >= 0.3 is 12.1 Å². The lowest BCUT2D eigenvalue weighted by molar-refractivity contribution is -0.137. The fourth-order valence-electron chi connectivity index (χ4n) is 2.68. The molecule has 0 aromatic heterocycles. The Bertz CT molecular complexity index is 722. The van der Waals surface area contributed by atoms with E-state index in [1.54, 1.807) is 29.4 Å². The molecule has 1 heterocycles. The van der Waals surface area contributed by atoms with Gasteiger partial charge in [0.25, 0.3) is 0 Å². The summed E-state index contributed by atoms with van der Waals surface area (Å²) in [5, 5.41) is 14.8. The molecule has 23 heavy (non-hydrogen) atoms. The Balaban J connectivity index is 1.75. The average molecular weight is 322 g/mol. The maximum Gasteiger partial charge on any atom is 0.416 e. The molecule has 1 aromatic rings. The number of benzene rings is 1. The standard InChI is InChI=1S/C16H13F3N2O2/c17-16(18,19)13-3-1-2-10(6-13)9-21-14-5-4-11(15(22)23)7-12(14)8-20-21/h1-8,12,14H,9H2,(H,22,23). The molecule has 1 N–H and O–H groups in total. The molecule has 1 aliphatic heterocycles. The van der Waals surface area contributed by atoms with Crippen LogP contribution in [0.15, 0.2) is 53.2 Å². The largest absolute Gasteiger partial charge is 0.478 e. The van der Waals surface area contributed by atoms with Gasteiger partial charge in [0.05, 0.1) is 23.7 Å². The minimum Gasteiger partial charge on any atom is -0.478 e. The molecule has 7 heteroatoms. The van der Waals surface area contributed by atoms with Gasteiger partial charge in [-0.2, -0.15) is 18.3 Å². The van der Waals surface area contributed by atoms with E-state index in [0.29, 0.717) is 5.56 Å². The molecule has 1 aliphatic carbocycles. The first-order chi connectivity index (χ1) is 10.8. The Labute approximate surface area is 130 Å². The molecule has 0 saturated carbocycles. The Kier molecular flexibility index (Phi) is 3.71. The van der Waals surface area contributed by atoms with Gasteiger partial charge < -0.3 is 5.11 Å². The second-order valence-electron chi connectivity index (χ2n) is 5.41. The van der Waals surface area contributed by atoms with E-state index in [4.69, 9.17) is 5.11 Å². The fraction of sp³-hybridized carbons (Fsp3) is 0.250. The monoisotopic (exact) mass is 322 g/mol. The molecular weight excluding hydrogens is 309 g/mol. The normalized spacial score (nSPS) is 22.9. The van der Waals surface area contributed by atoms with Crippen molar-refractivity contribution >= 4 is 12.2 Å². The SMILES string of the molecule is O=C(O)C1=CC2C=NN(Cc3cccc(C(F)(F)F)c3)C2C=C1. The van der Waals surface area contributed by atoms with E-state index < -0.39 is 17.7 Å². The third kappa shape index (κ3) is 3.13. The minimum atomic E-state index is -4.38. The van der Waals surface area contributed by atoms with Crippen molar-refractivity contribution in [1.29, 1.82) is 0 Å². The number of hydrogen-bond acceptors (Lipinski definition) is 3. The minimum absolute atomic E-state index is 0.173. The van der Waals surface area contributed by atoms with Crippen LogP contribution in [0.4, 0.5) is 13.2 Å². The van der Waals surface area contributed by atoms with Crippen LogP contribution >= 0.6 is 0 Å². The maximum absolute atomic E-state index is 12.8. The Morgan fingerprint density at radius 3 is 2.83 bits per heavy atom. The smallest absolute Gasteiger partial charge is 0.416 e. The number of hydrazone groups is 1. The number of carboxylic acid groups (broad SMARTS) is 1. The zero-order chi connectivity index (χ0) is 16.6. The molecule has 0 spiro atoms. The van der Waals surface area contributed by atoms with E-state index in [1.165, 1.54) is 12.1 Å². The third-order valence-corrected chi connectivity index (χ3v) is 3.82. The number of carbonyl (C=O) groups is 1. The molecular formula is C16H13F3N2O2. The van der Waals surface area contributed by atoms with Gasteiger partial charge in [-0.3, -0.25) is 5.01 Å². The van der Waals surface area contributed by atoms with Crippen LogP contribution in [0.3, 0.4) is 0 Å². The lowest BCUT2D eigenvalue weighted by atomic mass is 9.93. The van der Waals surface area contributed by atoms with Crippen molar-refractivity contribution in [3.05, 3.63) is 59.2 Å². The molecule has 3 rings (SSSR count). The third-order valence-electron chi connectivity index (χ3n) is 3.82. The quantitative estimate of drug-likeness (QED) is 0.930. The van der Waals surface area contributed by atoms with Crippen molar-refractivity contribution in [2.75, 3.05) is 0 Å². The van der Waals surface area contributed by atoms with Crippen molar-refractivity contribution in [2.45, 2.75) is 18.8 Å². The van der Waals surface area contributed by atoms with E-state index >= 15 is 0 Å². The van der Waals surface area contributed by atoms with Gasteiger partial charge in [0.2, 0.25) is 0 Å². The highest BCUT2D eigenvalue weighted by Gasteiger charge is 2.32. The zero-order valence-electron chi connectivity index (χ0n) is 11.9. The summed E-state index contributed by atoms with van der Waals surface area (Å²) in [5.41, 5.74) is -0.000345. The number of fused-ring (bicyclic) bond motifs is 1. The first-order valence-corrected chi connectivity index (χ1v) is 6.95. The molecule has 0 bridgehead atoms. The van der Waals surface area contributed by atoms with E-state index in [0.717, 1.165) is 12.1 Å². The first kappa shape index (κ1) is 15.3. The second-order valence-corrected chi connectivity index (χ2v) is 5.41. The molecule has 1 aromatic carbocycles. The van der Waals surface area contributed by atoms with Crippen molar-refractivity contribution in [3.8, 4) is 0 Å². The summed E-state index contributed by atoms with van der Waals surface area (Å²) in [4.78, 5) is 11.0. The summed E-state index contributed by atoms with van der Waals surface area (Å²) in [6.45, 7) is 0.224. The molecule has 0 radical (unpaired) electrons. The van der Waals surface area contributed by atoms with Crippen LogP contribution in [0.5, 0.6) is 0 Å². The highest BCUT2D eigenvalue weighted by Crippen LogP contribution is 2.31. The molecule has 0 amide bonds. The van der Waals surface area contributed by atoms with Gasteiger partial charge in [-0.15, -0.1) is 0 Å². The Morgan fingerprint density at radius 2 is 2.13 bits per heavy atom. The van der Waals surface area contributed by atoms with Gasteiger partial charge in [0, 0.05) is 12.1 Å². The lowest BCUT2D eigenvalue weighted by Crippen LogP contribution is -2.31. The molecule has 4 nitrogen and oxygen atoms in total. The molecule has 2 aliphatic rings. The molecule has 0 fully saturated rings. The van der Waals surface area contributed by atoms with Crippen LogP contribution in [0.25, 0.3) is 0 Å². The molecule has 2 unspecified atom stereocenters. The van der Waals surface area contributed by atoms with Crippen LogP contribution in [0, 0.1) is 5.92 Å². The van der Waals surface area contributed by atoms with Crippen LogP contribution in [0.1, 0.15) is 11.1 Å². The number of rotatable bonds is 3.